The largest absolute Gasteiger partial charge is 0.480 e. The molecule has 4 nitrogen and oxygen atoms in total. The molecule has 1 N–H and O–H groups in total. The van der Waals surface area contributed by atoms with E-state index in [1.165, 1.54) is 32.4 Å². The van der Waals surface area contributed by atoms with Crippen molar-refractivity contribution in [3.8, 4) is 0 Å². The molecule has 3 heterocycles. The van der Waals surface area contributed by atoms with Gasteiger partial charge in [-0.25, -0.2) is 0 Å². The number of piperidine rings is 1. The quantitative estimate of drug-likeness (QED) is 0.810. The monoisotopic (exact) mass is 252 g/mol. The zero-order valence-electron chi connectivity index (χ0n) is 11.3. The van der Waals surface area contributed by atoms with E-state index in [4.69, 9.17) is 0 Å². The van der Waals surface area contributed by atoms with Gasteiger partial charge in [0.2, 0.25) is 0 Å². The summed E-state index contributed by atoms with van der Waals surface area (Å²) in [4.78, 5) is 16.5. The predicted octanol–water partition coefficient (Wildman–Crippen LogP) is 1.55. The summed E-state index contributed by atoms with van der Waals surface area (Å²) in [6.07, 6.45) is 6.90. The number of hydrogen-bond acceptors (Lipinski definition) is 3. The molecule has 3 rings (SSSR count). The third-order valence-corrected chi connectivity index (χ3v) is 5.38. The second-order valence-corrected chi connectivity index (χ2v) is 6.33. The van der Waals surface area contributed by atoms with Gasteiger partial charge in [0.1, 0.15) is 5.54 Å². The predicted molar refractivity (Wildman–Crippen MR) is 69.6 cm³/mol. The van der Waals surface area contributed by atoms with Gasteiger partial charge >= 0.3 is 5.97 Å². The van der Waals surface area contributed by atoms with Crippen LogP contribution in [0.4, 0.5) is 0 Å². The summed E-state index contributed by atoms with van der Waals surface area (Å²) in [5.74, 6) is -0.630. The van der Waals surface area contributed by atoms with E-state index < -0.39 is 11.5 Å². The van der Waals surface area contributed by atoms with Crippen LogP contribution in [0.15, 0.2) is 0 Å². The highest BCUT2D eigenvalue weighted by atomic mass is 16.4. The molecule has 0 radical (unpaired) electrons. The van der Waals surface area contributed by atoms with Crippen molar-refractivity contribution in [2.45, 2.75) is 63.1 Å². The molecule has 3 unspecified atom stereocenters. The minimum absolute atomic E-state index is 0.480. The van der Waals surface area contributed by atoms with E-state index >= 15 is 0 Å². The molecule has 0 spiro atoms. The highest BCUT2D eigenvalue weighted by molar-refractivity contribution is 5.78. The smallest absolute Gasteiger partial charge is 0.323 e. The van der Waals surface area contributed by atoms with Gasteiger partial charge in [0.05, 0.1) is 0 Å². The molecule has 3 fully saturated rings. The first kappa shape index (κ1) is 12.4. The summed E-state index contributed by atoms with van der Waals surface area (Å²) in [6, 6.07) is 1.10. The molecule has 0 aromatic carbocycles. The molecule has 0 bridgehead atoms. The van der Waals surface area contributed by atoms with Crippen LogP contribution in [0.1, 0.15) is 45.4 Å². The Morgan fingerprint density at radius 2 is 1.94 bits per heavy atom. The topological polar surface area (TPSA) is 43.8 Å². The number of nitrogens with zero attached hydrogens (tertiary/aromatic N) is 2. The Labute approximate surface area is 109 Å². The summed E-state index contributed by atoms with van der Waals surface area (Å²) in [5, 5.41) is 9.54. The highest BCUT2D eigenvalue weighted by Crippen LogP contribution is 2.38. The number of likely N-dealkylation sites (tertiary alicyclic amines) is 1. The molecule has 18 heavy (non-hydrogen) atoms. The lowest BCUT2D eigenvalue weighted by molar-refractivity contribution is -0.150. The number of carbonyl (C=O) groups is 1. The Balaban J connectivity index is 1.80. The van der Waals surface area contributed by atoms with Crippen molar-refractivity contribution in [2.75, 3.05) is 19.6 Å². The van der Waals surface area contributed by atoms with Crippen molar-refractivity contribution >= 4 is 5.97 Å². The van der Waals surface area contributed by atoms with E-state index in [-0.39, 0.29) is 0 Å². The molecule has 0 amide bonds. The van der Waals surface area contributed by atoms with Crippen LogP contribution in [-0.2, 0) is 4.79 Å². The number of rotatable bonds is 2. The van der Waals surface area contributed by atoms with Gasteiger partial charge in [-0.1, -0.05) is 6.42 Å². The van der Waals surface area contributed by atoms with Gasteiger partial charge < -0.3 is 5.11 Å². The van der Waals surface area contributed by atoms with Crippen molar-refractivity contribution in [1.29, 1.82) is 0 Å². The van der Waals surface area contributed by atoms with Gasteiger partial charge in [0.15, 0.2) is 0 Å². The van der Waals surface area contributed by atoms with Crippen LogP contribution in [0.3, 0.4) is 0 Å². The maximum absolute atomic E-state index is 11.6. The minimum atomic E-state index is -0.630. The average molecular weight is 252 g/mol. The normalized spacial score (nSPS) is 42.1. The molecule has 0 saturated carbocycles. The van der Waals surface area contributed by atoms with Gasteiger partial charge in [0.25, 0.3) is 0 Å². The number of fused-ring (bicyclic) bond motifs is 1. The Morgan fingerprint density at radius 3 is 2.72 bits per heavy atom. The van der Waals surface area contributed by atoms with Crippen molar-refractivity contribution < 1.29 is 9.90 Å². The molecule has 0 aromatic rings. The van der Waals surface area contributed by atoms with E-state index in [1.54, 1.807) is 0 Å². The van der Waals surface area contributed by atoms with Crippen LogP contribution in [0, 0.1) is 0 Å². The third-order valence-electron chi connectivity index (χ3n) is 5.38. The third kappa shape index (κ3) is 1.77. The fraction of sp³-hybridized carbons (Fsp3) is 0.929. The van der Waals surface area contributed by atoms with Crippen molar-refractivity contribution in [3.05, 3.63) is 0 Å². The lowest BCUT2D eigenvalue weighted by atomic mass is 9.93. The average Bonchev–Trinajstić information content (AvgIpc) is 2.93. The Hall–Kier alpha value is -0.610. The van der Waals surface area contributed by atoms with Crippen LogP contribution in [-0.4, -0.2) is 58.1 Å². The van der Waals surface area contributed by atoms with Crippen LogP contribution < -0.4 is 0 Å². The second-order valence-electron chi connectivity index (χ2n) is 6.33. The van der Waals surface area contributed by atoms with Crippen molar-refractivity contribution in [3.63, 3.8) is 0 Å². The summed E-state index contributed by atoms with van der Waals surface area (Å²) >= 11 is 0. The first-order valence-electron chi connectivity index (χ1n) is 7.37. The molecule has 0 aliphatic carbocycles. The summed E-state index contributed by atoms with van der Waals surface area (Å²) < 4.78 is 0. The molecule has 102 valence electrons. The maximum Gasteiger partial charge on any atom is 0.323 e. The Kier molecular flexibility index (Phi) is 3.10. The van der Waals surface area contributed by atoms with Gasteiger partial charge in [-0.05, 0) is 52.1 Å². The van der Waals surface area contributed by atoms with Gasteiger partial charge in [-0.3, -0.25) is 14.6 Å². The van der Waals surface area contributed by atoms with E-state index in [2.05, 4.69) is 9.80 Å². The zero-order valence-corrected chi connectivity index (χ0v) is 11.3. The zero-order chi connectivity index (χ0) is 12.8. The van der Waals surface area contributed by atoms with E-state index in [0.29, 0.717) is 12.1 Å². The Bertz CT molecular complexity index is 347. The molecule has 0 aromatic heterocycles. The number of aliphatic carboxylic acids is 1. The number of carboxylic acid groups (broad SMARTS) is 1. The molecular weight excluding hydrogens is 228 g/mol. The fourth-order valence-electron chi connectivity index (χ4n) is 4.33. The van der Waals surface area contributed by atoms with Crippen LogP contribution in [0.2, 0.25) is 0 Å². The van der Waals surface area contributed by atoms with Gasteiger partial charge in [0, 0.05) is 18.6 Å². The Morgan fingerprint density at radius 1 is 1.11 bits per heavy atom. The standard InChI is InChI=1S/C14H24N2O2/c1-14(13(17)18)7-4-9-16(14)12-6-10-15-8-3-2-5-11(12)15/h11-12H,2-10H2,1H3,(H,17,18). The second kappa shape index (κ2) is 4.49. The lowest BCUT2D eigenvalue weighted by Crippen LogP contribution is -2.56. The van der Waals surface area contributed by atoms with Crippen LogP contribution in [0.5, 0.6) is 0 Å². The first-order valence-corrected chi connectivity index (χ1v) is 7.37. The van der Waals surface area contributed by atoms with Gasteiger partial charge in [-0.15, -0.1) is 0 Å². The van der Waals surface area contributed by atoms with E-state index in [1.807, 2.05) is 6.92 Å². The van der Waals surface area contributed by atoms with Crippen molar-refractivity contribution in [1.82, 2.24) is 9.80 Å². The van der Waals surface area contributed by atoms with E-state index in [0.717, 1.165) is 25.8 Å². The molecule has 3 saturated heterocycles. The van der Waals surface area contributed by atoms with Crippen molar-refractivity contribution in [2.24, 2.45) is 0 Å². The summed E-state index contributed by atoms with van der Waals surface area (Å²) in [7, 11) is 0. The van der Waals surface area contributed by atoms with Crippen LogP contribution in [0.25, 0.3) is 0 Å². The van der Waals surface area contributed by atoms with Gasteiger partial charge in [-0.2, -0.15) is 0 Å². The number of carboxylic acids is 1. The minimum Gasteiger partial charge on any atom is -0.480 e. The summed E-state index contributed by atoms with van der Waals surface area (Å²) in [6.45, 7) is 5.28. The number of hydrogen-bond donors (Lipinski definition) is 1. The molecule has 3 aliphatic rings. The fourth-order valence-corrected chi connectivity index (χ4v) is 4.33. The van der Waals surface area contributed by atoms with Crippen LogP contribution >= 0.6 is 0 Å². The highest BCUT2D eigenvalue weighted by Gasteiger charge is 2.50. The molecule has 3 aliphatic heterocycles. The first-order chi connectivity index (χ1) is 8.63. The lowest BCUT2D eigenvalue weighted by Gasteiger charge is -2.41. The molecule has 3 atom stereocenters. The van der Waals surface area contributed by atoms with E-state index in [9.17, 15) is 9.90 Å². The molecular formula is C14H24N2O2. The summed E-state index contributed by atoms with van der Waals surface area (Å²) in [5.41, 5.74) is -0.613. The SMILES string of the molecule is CC1(C(=O)O)CCCN1C1CCN2CCCCC12. The maximum atomic E-state index is 11.6. The molecule has 4 heteroatoms.